The van der Waals surface area contributed by atoms with E-state index in [1.54, 1.807) is 36.4 Å². The van der Waals surface area contributed by atoms with Crippen molar-refractivity contribution in [3.8, 4) is 11.8 Å². The van der Waals surface area contributed by atoms with Crippen LogP contribution in [-0.4, -0.2) is 23.6 Å². The van der Waals surface area contributed by atoms with Crippen molar-refractivity contribution in [2.75, 3.05) is 12.4 Å². The van der Waals surface area contributed by atoms with Gasteiger partial charge in [-0.2, -0.15) is 5.26 Å². The topological polar surface area (TPSA) is 84.1 Å². The number of esters is 1. The Labute approximate surface area is 202 Å². The van der Waals surface area contributed by atoms with Crippen molar-refractivity contribution in [2.24, 2.45) is 0 Å². The number of ether oxygens (including phenoxy) is 1. The molecule has 0 fully saturated rings. The summed E-state index contributed by atoms with van der Waals surface area (Å²) in [5.41, 5.74) is 4.48. The fourth-order valence-corrected chi connectivity index (χ4v) is 3.79. The molecule has 1 aromatic heterocycles. The van der Waals surface area contributed by atoms with Gasteiger partial charge in [-0.3, -0.25) is 4.79 Å². The third kappa shape index (κ3) is 5.11. The maximum Gasteiger partial charge on any atom is 0.337 e. The van der Waals surface area contributed by atoms with Crippen molar-refractivity contribution < 1.29 is 14.3 Å². The quantitative estimate of drug-likeness (QED) is 0.273. The molecule has 0 aliphatic carbocycles. The van der Waals surface area contributed by atoms with Crippen LogP contribution in [0.1, 0.15) is 32.9 Å². The Morgan fingerprint density at radius 2 is 1.79 bits per heavy atom. The first-order chi connectivity index (χ1) is 15.7. The first-order valence-electron chi connectivity index (χ1n) is 9.92. The van der Waals surface area contributed by atoms with Crippen LogP contribution >= 0.6 is 23.2 Å². The number of carbonyl (C=O) groups excluding carboxylic acids is 2. The fraction of sp³-hybridized carbons (Fsp3) is 0.160. The summed E-state index contributed by atoms with van der Waals surface area (Å²) in [6, 6.07) is 13.8. The molecule has 0 atom stereocenters. The highest BCUT2D eigenvalue weighted by Gasteiger charge is 2.17. The summed E-state index contributed by atoms with van der Waals surface area (Å²) in [6.07, 6.45) is 1.52. The molecule has 1 N–H and O–H groups in total. The zero-order valence-electron chi connectivity index (χ0n) is 18.5. The lowest BCUT2D eigenvalue weighted by atomic mass is 10.1. The molecule has 0 spiro atoms. The van der Waals surface area contributed by atoms with Crippen molar-refractivity contribution >= 4 is 46.8 Å². The van der Waals surface area contributed by atoms with E-state index in [9.17, 15) is 14.9 Å². The van der Waals surface area contributed by atoms with Gasteiger partial charge in [-0.05, 0) is 74.4 Å². The van der Waals surface area contributed by atoms with Gasteiger partial charge in [0.25, 0.3) is 5.91 Å². The summed E-state index contributed by atoms with van der Waals surface area (Å²) < 4.78 is 6.65. The van der Waals surface area contributed by atoms with Gasteiger partial charge in [0.1, 0.15) is 11.6 Å². The second-order valence-electron chi connectivity index (χ2n) is 7.41. The molecule has 1 amide bonds. The molecule has 168 valence electrons. The number of halogens is 2. The summed E-state index contributed by atoms with van der Waals surface area (Å²) >= 11 is 12.5. The molecule has 33 heavy (non-hydrogen) atoms. The van der Waals surface area contributed by atoms with Gasteiger partial charge in [-0.15, -0.1) is 0 Å². The summed E-state index contributed by atoms with van der Waals surface area (Å²) in [4.78, 5) is 24.7. The van der Waals surface area contributed by atoms with Crippen molar-refractivity contribution in [3.63, 3.8) is 0 Å². The standard InChI is InChI=1S/C25H21Cl2N3O3/c1-14-5-7-20(12-22(14)27)29-24(31)19(13-28)10-18-9-15(2)30(16(18)3)23-11-17(25(32)33-4)6-8-21(23)26/h5-12H,1-4H3,(H,29,31)/b19-10-. The maximum atomic E-state index is 12.7. The van der Waals surface area contributed by atoms with Gasteiger partial charge in [0.2, 0.25) is 0 Å². The van der Waals surface area contributed by atoms with E-state index < -0.39 is 11.9 Å². The average molecular weight is 482 g/mol. The Balaban J connectivity index is 1.99. The van der Waals surface area contributed by atoms with Crippen LogP contribution in [0.5, 0.6) is 0 Å². The van der Waals surface area contributed by atoms with E-state index >= 15 is 0 Å². The number of aromatic nitrogens is 1. The van der Waals surface area contributed by atoms with Crippen molar-refractivity contribution in [2.45, 2.75) is 20.8 Å². The van der Waals surface area contributed by atoms with E-state index in [0.29, 0.717) is 32.5 Å². The number of nitriles is 1. The monoisotopic (exact) mass is 481 g/mol. The van der Waals surface area contributed by atoms with Gasteiger partial charge in [0.15, 0.2) is 0 Å². The molecule has 0 aliphatic rings. The van der Waals surface area contributed by atoms with Crippen molar-refractivity contribution in [1.82, 2.24) is 4.57 Å². The Hall–Kier alpha value is -3.53. The predicted octanol–water partition coefficient (Wildman–Crippen LogP) is 6.04. The highest BCUT2D eigenvalue weighted by molar-refractivity contribution is 6.32. The Morgan fingerprint density at radius 1 is 1.06 bits per heavy atom. The van der Waals surface area contributed by atoms with Crippen LogP contribution in [0.15, 0.2) is 48.0 Å². The number of nitrogens with one attached hydrogen (secondary N) is 1. The third-order valence-corrected chi connectivity index (χ3v) is 5.90. The normalized spacial score (nSPS) is 11.1. The molecule has 3 aromatic rings. The second kappa shape index (κ2) is 9.95. The molecule has 0 unspecified atom stereocenters. The van der Waals surface area contributed by atoms with E-state index in [1.807, 2.05) is 37.5 Å². The van der Waals surface area contributed by atoms with Gasteiger partial charge in [-0.1, -0.05) is 29.3 Å². The third-order valence-electron chi connectivity index (χ3n) is 5.17. The Morgan fingerprint density at radius 3 is 2.42 bits per heavy atom. The number of anilines is 1. The van der Waals surface area contributed by atoms with Crippen LogP contribution in [0.4, 0.5) is 5.69 Å². The van der Waals surface area contributed by atoms with Crippen LogP contribution in [0.25, 0.3) is 11.8 Å². The zero-order valence-corrected chi connectivity index (χ0v) is 20.0. The van der Waals surface area contributed by atoms with E-state index in [1.165, 1.54) is 13.2 Å². The lowest BCUT2D eigenvalue weighted by molar-refractivity contribution is -0.112. The molecule has 1 heterocycles. The van der Waals surface area contributed by atoms with Crippen molar-refractivity contribution in [1.29, 1.82) is 5.26 Å². The number of benzene rings is 2. The van der Waals surface area contributed by atoms with E-state index in [0.717, 1.165) is 17.0 Å². The highest BCUT2D eigenvalue weighted by atomic mass is 35.5. The second-order valence-corrected chi connectivity index (χ2v) is 8.22. The zero-order chi connectivity index (χ0) is 24.3. The van der Waals surface area contributed by atoms with Crippen LogP contribution in [0, 0.1) is 32.1 Å². The summed E-state index contributed by atoms with van der Waals surface area (Å²) in [5, 5.41) is 13.3. The van der Waals surface area contributed by atoms with Gasteiger partial charge in [0, 0.05) is 22.1 Å². The van der Waals surface area contributed by atoms with Gasteiger partial charge in [0.05, 0.1) is 23.4 Å². The predicted molar refractivity (Wildman–Crippen MR) is 130 cm³/mol. The largest absolute Gasteiger partial charge is 0.465 e. The van der Waals surface area contributed by atoms with Crippen molar-refractivity contribution in [3.05, 3.63) is 86.2 Å². The molecule has 6 nitrogen and oxygen atoms in total. The molecule has 0 saturated carbocycles. The van der Waals surface area contributed by atoms with Crippen LogP contribution in [0.3, 0.4) is 0 Å². The molecule has 0 saturated heterocycles. The molecule has 3 rings (SSSR count). The molecule has 0 bridgehead atoms. The molecule has 0 radical (unpaired) electrons. The minimum Gasteiger partial charge on any atom is -0.465 e. The smallest absolute Gasteiger partial charge is 0.337 e. The summed E-state index contributed by atoms with van der Waals surface area (Å²) in [5.74, 6) is -1.02. The Bertz CT molecular complexity index is 1330. The number of methoxy groups -OCH3 is 1. The number of hydrogen-bond acceptors (Lipinski definition) is 4. The highest BCUT2D eigenvalue weighted by Crippen LogP contribution is 2.29. The van der Waals surface area contributed by atoms with Gasteiger partial charge in [-0.25, -0.2) is 4.79 Å². The minimum absolute atomic E-state index is 0.0682. The maximum absolute atomic E-state index is 12.7. The summed E-state index contributed by atoms with van der Waals surface area (Å²) in [7, 11) is 1.31. The van der Waals surface area contributed by atoms with Gasteiger partial charge >= 0.3 is 5.97 Å². The number of nitrogens with zero attached hydrogens (tertiary/aromatic N) is 2. The molecule has 0 aliphatic heterocycles. The summed E-state index contributed by atoms with van der Waals surface area (Å²) in [6.45, 7) is 5.57. The fourth-order valence-electron chi connectivity index (χ4n) is 3.41. The number of carbonyl (C=O) groups is 2. The Kier molecular flexibility index (Phi) is 7.27. The van der Waals surface area contributed by atoms with Crippen LogP contribution in [0.2, 0.25) is 10.0 Å². The number of amides is 1. The lowest BCUT2D eigenvalue weighted by Gasteiger charge is -2.13. The number of rotatable bonds is 5. The number of hydrogen-bond donors (Lipinski definition) is 1. The SMILES string of the molecule is COC(=O)c1ccc(Cl)c(-n2c(C)cc(/C=C(/C#N)C(=O)Nc3ccc(C)c(Cl)c3)c2C)c1. The molecule has 2 aromatic carbocycles. The molecular weight excluding hydrogens is 461 g/mol. The van der Waals surface area contributed by atoms with E-state index in [4.69, 9.17) is 27.9 Å². The van der Waals surface area contributed by atoms with E-state index in [-0.39, 0.29) is 5.57 Å². The average Bonchev–Trinajstić information content (AvgIpc) is 3.07. The number of aryl methyl sites for hydroxylation is 2. The van der Waals surface area contributed by atoms with E-state index in [2.05, 4.69) is 5.32 Å². The lowest BCUT2D eigenvalue weighted by Crippen LogP contribution is -2.13. The van der Waals surface area contributed by atoms with Crippen LogP contribution < -0.4 is 5.32 Å². The first-order valence-corrected chi connectivity index (χ1v) is 10.7. The van der Waals surface area contributed by atoms with Crippen LogP contribution in [-0.2, 0) is 9.53 Å². The minimum atomic E-state index is -0.548. The molecule has 8 heteroatoms. The van der Waals surface area contributed by atoms with Gasteiger partial charge < -0.3 is 14.6 Å². The first kappa shape index (κ1) is 24.1. The molecular formula is C25H21Cl2N3O3.